The fraction of sp³-hybridized carbons (Fsp3) is 0.0833. The smallest absolute Gasteiger partial charge is 0.223 e. The lowest BCUT2D eigenvalue weighted by molar-refractivity contribution is 0.455. The Morgan fingerprint density at radius 2 is 2.00 bits per heavy atom. The van der Waals surface area contributed by atoms with E-state index in [0.717, 1.165) is 14.9 Å². The van der Waals surface area contributed by atoms with E-state index in [1.54, 1.807) is 6.20 Å². The minimum Gasteiger partial charge on any atom is -0.438 e. The Kier molecular flexibility index (Phi) is 4.01. The van der Waals surface area contributed by atoms with Crippen molar-refractivity contribution in [3.05, 3.63) is 51.7 Å². The number of ether oxygens (including phenoxy) is 1. The standard InChI is InChI=1S/C12H9ClINO/c13-8-9-4-3-7-15-12(9)16-11-6-2-1-5-10(11)14/h1-7H,8H2. The zero-order chi connectivity index (χ0) is 11.4. The number of halogens is 2. The maximum atomic E-state index is 5.82. The maximum Gasteiger partial charge on any atom is 0.223 e. The van der Waals surface area contributed by atoms with E-state index >= 15 is 0 Å². The molecule has 0 aliphatic rings. The first kappa shape index (κ1) is 11.7. The van der Waals surface area contributed by atoms with Crippen molar-refractivity contribution in [1.29, 1.82) is 0 Å². The molecule has 0 radical (unpaired) electrons. The second-order valence-electron chi connectivity index (χ2n) is 3.13. The van der Waals surface area contributed by atoms with Crippen LogP contribution >= 0.6 is 34.2 Å². The number of aromatic nitrogens is 1. The highest BCUT2D eigenvalue weighted by Gasteiger charge is 2.06. The van der Waals surface area contributed by atoms with Gasteiger partial charge in [-0.05, 0) is 40.8 Å². The minimum atomic E-state index is 0.395. The molecule has 0 amide bonds. The van der Waals surface area contributed by atoms with Gasteiger partial charge in [-0.3, -0.25) is 0 Å². The van der Waals surface area contributed by atoms with E-state index in [9.17, 15) is 0 Å². The average Bonchev–Trinajstić information content (AvgIpc) is 2.33. The highest BCUT2D eigenvalue weighted by atomic mass is 127. The summed E-state index contributed by atoms with van der Waals surface area (Å²) in [6.07, 6.45) is 1.70. The summed E-state index contributed by atoms with van der Waals surface area (Å²) < 4.78 is 6.78. The van der Waals surface area contributed by atoms with E-state index in [4.69, 9.17) is 16.3 Å². The van der Waals surface area contributed by atoms with E-state index in [1.165, 1.54) is 0 Å². The SMILES string of the molecule is ClCc1cccnc1Oc1ccccc1I. The molecule has 4 heteroatoms. The second-order valence-corrected chi connectivity index (χ2v) is 4.56. The first-order chi connectivity index (χ1) is 7.81. The minimum absolute atomic E-state index is 0.395. The summed E-state index contributed by atoms with van der Waals surface area (Å²) in [5.41, 5.74) is 0.892. The van der Waals surface area contributed by atoms with Crippen LogP contribution in [0.25, 0.3) is 0 Å². The van der Waals surface area contributed by atoms with Gasteiger partial charge in [-0.2, -0.15) is 0 Å². The largest absolute Gasteiger partial charge is 0.438 e. The fourth-order valence-corrected chi connectivity index (χ4v) is 1.95. The number of benzene rings is 1. The van der Waals surface area contributed by atoms with Gasteiger partial charge in [0.05, 0.1) is 9.45 Å². The van der Waals surface area contributed by atoms with Gasteiger partial charge >= 0.3 is 0 Å². The van der Waals surface area contributed by atoms with Crippen LogP contribution in [0.2, 0.25) is 0 Å². The molecule has 0 saturated heterocycles. The number of hydrogen-bond donors (Lipinski definition) is 0. The van der Waals surface area contributed by atoms with Gasteiger partial charge in [0.1, 0.15) is 5.75 Å². The summed E-state index contributed by atoms with van der Waals surface area (Å²) in [5.74, 6) is 1.77. The van der Waals surface area contributed by atoms with E-state index < -0.39 is 0 Å². The molecule has 0 saturated carbocycles. The van der Waals surface area contributed by atoms with Crippen molar-refractivity contribution >= 4 is 34.2 Å². The molecule has 0 unspecified atom stereocenters. The van der Waals surface area contributed by atoms with Gasteiger partial charge in [0.15, 0.2) is 0 Å². The van der Waals surface area contributed by atoms with Crippen molar-refractivity contribution in [3.8, 4) is 11.6 Å². The summed E-state index contributed by atoms with van der Waals surface area (Å²) in [6.45, 7) is 0. The fourth-order valence-electron chi connectivity index (χ4n) is 1.25. The van der Waals surface area contributed by atoms with Crippen LogP contribution in [0.15, 0.2) is 42.6 Å². The van der Waals surface area contributed by atoms with E-state index in [2.05, 4.69) is 27.6 Å². The molecule has 2 aromatic rings. The summed E-state index contributed by atoms with van der Waals surface area (Å²) in [7, 11) is 0. The van der Waals surface area contributed by atoms with Crippen molar-refractivity contribution < 1.29 is 4.74 Å². The Bertz CT molecular complexity index is 490. The zero-order valence-electron chi connectivity index (χ0n) is 8.36. The van der Waals surface area contributed by atoms with Crippen molar-refractivity contribution in [1.82, 2.24) is 4.98 Å². The average molecular weight is 346 g/mol. The Labute approximate surface area is 113 Å². The molecule has 0 bridgehead atoms. The van der Waals surface area contributed by atoms with E-state index in [1.807, 2.05) is 36.4 Å². The number of rotatable bonds is 3. The van der Waals surface area contributed by atoms with Crippen LogP contribution in [0.1, 0.15) is 5.56 Å². The van der Waals surface area contributed by atoms with Crippen molar-refractivity contribution in [2.75, 3.05) is 0 Å². The number of para-hydroxylation sites is 1. The number of hydrogen-bond acceptors (Lipinski definition) is 2. The monoisotopic (exact) mass is 345 g/mol. The van der Waals surface area contributed by atoms with Gasteiger partial charge in [0.25, 0.3) is 0 Å². The van der Waals surface area contributed by atoms with Gasteiger partial charge in [-0.15, -0.1) is 11.6 Å². The molecule has 2 nitrogen and oxygen atoms in total. The third kappa shape index (κ3) is 2.65. The molecule has 1 heterocycles. The van der Waals surface area contributed by atoms with Gasteiger partial charge in [0.2, 0.25) is 5.88 Å². The molecule has 0 aliphatic carbocycles. The summed E-state index contributed by atoms with van der Waals surface area (Å²) in [5, 5.41) is 0. The topological polar surface area (TPSA) is 22.1 Å². The Hall–Kier alpha value is -0.810. The molecule has 82 valence electrons. The summed E-state index contributed by atoms with van der Waals surface area (Å²) in [4.78, 5) is 4.18. The van der Waals surface area contributed by atoms with Crippen LogP contribution in [-0.4, -0.2) is 4.98 Å². The van der Waals surface area contributed by atoms with Gasteiger partial charge in [-0.25, -0.2) is 4.98 Å². The quantitative estimate of drug-likeness (QED) is 0.614. The molecule has 0 spiro atoms. The lowest BCUT2D eigenvalue weighted by Crippen LogP contribution is -1.93. The number of pyridine rings is 1. The Balaban J connectivity index is 2.30. The van der Waals surface area contributed by atoms with Crippen LogP contribution in [0.4, 0.5) is 0 Å². The van der Waals surface area contributed by atoms with Crippen LogP contribution in [0.5, 0.6) is 11.6 Å². The molecule has 0 N–H and O–H groups in total. The predicted molar refractivity (Wildman–Crippen MR) is 73.0 cm³/mol. The first-order valence-corrected chi connectivity index (χ1v) is 6.35. The molecule has 2 rings (SSSR count). The molecular formula is C12H9ClINO. The van der Waals surface area contributed by atoms with E-state index in [-0.39, 0.29) is 0 Å². The third-order valence-corrected chi connectivity index (χ3v) is 3.22. The maximum absolute atomic E-state index is 5.82. The lowest BCUT2D eigenvalue weighted by atomic mass is 10.3. The molecule has 0 aliphatic heterocycles. The molecule has 0 fully saturated rings. The highest BCUT2D eigenvalue weighted by Crippen LogP contribution is 2.27. The zero-order valence-corrected chi connectivity index (χ0v) is 11.3. The molecule has 1 aromatic heterocycles. The third-order valence-electron chi connectivity index (χ3n) is 2.04. The molecule has 1 aromatic carbocycles. The molecular weight excluding hydrogens is 336 g/mol. The van der Waals surface area contributed by atoms with Gasteiger partial charge in [0, 0.05) is 11.8 Å². The van der Waals surface area contributed by atoms with Crippen LogP contribution in [0.3, 0.4) is 0 Å². The van der Waals surface area contributed by atoms with Crippen LogP contribution in [-0.2, 0) is 5.88 Å². The van der Waals surface area contributed by atoms with Crippen molar-refractivity contribution in [2.45, 2.75) is 5.88 Å². The van der Waals surface area contributed by atoms with Crippen molar-refractivity contribution in [2.24, 2.45) is 0 Å². The van der Waals surface area contributed by atoms with Crippen LogP contribution < -0.4 is 4.74 Å². The first-order valence-electron chi connectivity index (χ1n) is 4.73. The molecule has 16 heavy (non-hydrogen) atoms. The number of alkyl halides is 1. The van der Waals surface area contributed by atoms with Gasteiger partial charge < -0.3 is 4.74 Å². The summed E-state index contributed by atoms with van der Waals surface area (Å²) in [6, 6.07) is 11.6. The normalized spacial score (nSPS) is 10.1. The van der Waals surface area contributed by atoms with E-state index in [0.29, 0.717) is 11.8 Å². The van der Waals surface area contributed by atoms with Crippen LogP contribution in [0, 0.1) is 3.57 Å². The highest BCUT2D eigenvalue weighted by molar-refractivity contribution is 14.1. The lowest BCUT2D eigenvalue weighted by Gasteiger charge is -2.08. The second kappa shape index (κ2) is 5.50. The van der Waals surface area contributed by atoms with Gasteiger partial charge in [-0.1, -0.05) is 18.2 Å². The number of nitrogens with zero attached hydrogens (tertiary/aromatic N) is 1. The molecule has 0 atom stereocenters. The Morgan fingerprint density at radius 3 is 2.75 bits per heavy atom. The van der Waals surface area contributed by atoms with Crippen molar-refractivity contribution in [3.63, 3.8) is 0 Å². The Morgan fingerprint density at radius 1 is 1.19 bits per heavy atom. The predicted octanol–water partition coefficient (Wildman–Crippen LogP) is 4.22. The summed E-state index contributed by atoms with van der Waals surface area (Å²) >= 11 is 8.04.